The third-order valence-electron chi connectivity index (χ3n) is 3.28. The molecule has 0 saturated heterocycles. The van der Waals surface area contributed by atoms with E-state index in [2.05, 4.69) is 52.0 Å². The third-order valence-corrected chi connectivity index (χ3v) is 3.28. The van der Waals surface area contributed by atoms with Gasteiger partial charge in [0.25, 0.3) is 0 Å². The summed E-state index contributed by atoms with van der Waals surface area (Å²) in [6, 6.07) is 8.64. The molecule has 1 heteroatoms. The molecule has 1 rings (SSSR count). The summed E-state index contributed by atoms with van der Waals surface area (Å²) >= 11 is 0. The summed E-state index contributed by atoms with van der Waals surface area (Å²) < 4.78 is 0. The molecule has 0 nitrogen and oxygen atoms in total. The highest BCUT2D eigenvalue weighted by Gasteiger charge is 2.28. The molecule has 0 N–H and O–H groups in total. The molecule has 0 aliphatic rings. The summed E-state index contributed by atoms with van der Waals surface area (Å²) in [7, 11) is 6.52. The fourth-order valence-corrected chi connectivity index (χ4v) is 2.04. The first-order valence-corrected chi connectivity index (χ1v) is 5.86. The largest absolute Gasteiger partial charge is 0.0814 e. The van der Waals surface area contributed by atoms with E-state index in [0.717, 1.165) is 12.8 Å². The van der Waals surface area contributed by atoms with Crippen LogP contribution in [0.1, 0.15) is 44.7 Å². The molecule has 0 aliphatic heterocycles. The van der Waals surface area contributed by atoms with Gasteiger partial charge in [0, 0.05) is 0 Å². The van der Waals surface area contributed by atoms with Crippen LogP contribution in [0.5, 0.6) is 0 Å². The quantitative estimate of drug-likeness (QED) is 0.648. The third kappa shape index (κ3) is 2.65. The van der Waals surface area contributed by atoms with Crippen LogP contribution in [0.4, 0.5) is 0 Å². The minimum absolute atomic E-state index is 0.164. The van der Waals surface area contributed by atoms with Crippen molar-refractivity contribution >= 4 is 7.85 Å². The second-order valence-electron chi connectivity index (χ2n) is 4.81. The lowest BCUT2D eigenvalue weighted by molar-refractivity contribution is 0.404. The van der Waals surface area contributed by atoms with Gasteiger partial charge in [0.05, 0.1) is 7.85 Å². The van der Waals surface area contributed by atoms with Gasteiger partial charge < -0.3 is 0 Å². The van der Waals surface area contributed by atoms with Crippen molar-refractivity contribution in [3.8, 4) is 0 Å². The summed E-state index contributed by atoms with van der Waals surface area (Å²) in [6.45, 7) is 8.71. The Morgan fingerprint density at radius 3 is 2.13 bits per heavy atom. The van der Waals surface area contributed by atoms with Crippen LogP contribution in [0.15, 0.2) is 24.3 Å². The van der Waals surface area contributed by atoms with Crippen LogP contribution in [0, 0.1) is 12.8 Å². The Hall–Kier alpha value is -0.715. The molecular weight excluding hydrogens is 179 g/mol. The summed E-state index contributed by atoms with van der Waals surface area (Å²) in [5.41, 5.74) is 2.56. The molecule has 0 amide bonds. The van der Waals surface area contributed by atoms with Gasteiger partial charge in [0.1, 0.15) is 0 Å². The highest BCUT2D eigenvalue weighted by molar-refractivity contribution is 6.16. The van der Waals surface area contributed by atoms with Crippen molar-refractivity contribution in [3.63, 3.8) is 0 Å². The van der Waals surface area contributed by atoms with E-state index >= 15 is 0 Å². The molecule has 1 atom stereocenters. The van der Waals surface area contributed by atoms with E-state index in [4.69, 9.17) is 7.85 Å². The van der Waals surface area contributed by atoms with Gasteiger partial charge in [-0.05, 0) is 18.2 Å². The average molecular weight is 200 g/mol. The molecule has 0 aliphatic carbocycles. The SMILES string of the molecule is [B]C(CCC)(c1ccc(C)cc1)C(C)C. The monoisotopic (exact) mass is 200 g/mol. The highest BCUT2D eigenvalue weighted by atomic mass is 14.3. The maximum atomic E-state index is 6.52. The Morgan fingerprint density at radius 1 is 1.20 bits per heavy atom. The van der Waals surface area contributed by atoms with Crippen LogP contribution in [0.25, 0.3) is 0 Å². The van der Waals surface area contributed by atoms with Crippen molar-refractivity contribution in [2.75, 3.05) is 0 Å². The fourth-order valence-electron chi connectivity index (χ4n) is 2.04. The number of hydrogen-bond acceptors (Lipinski definition) is 0. The second kappa shape index (κ2) is 4.87. The predicted octanol–water partition coefficient (Wildman–Crippen LogP) is 3.81. The van der Waals surface area contributed by atoms with Crippen LogP contribution >= 0.6 is 0 Å². The van der Waals surface area contributed by atoms with Crippen molar-refractivity contribution in [1.82, 2.24) is 0 Å². The van der Waals surface area contributed by atoms with Gasteiger partial charge in [0.2, 0.25) is 0 Å². The summed E-state index contributed by atoms with van der Waals surface area (Å²) in [6.07, 6.45) is 2.18. The van der Waals surface area contributed by atoms with Crippen molar-refractivity contribution in [1.29, 1.82) is 0 Å². The maximum Gasteiger partial charge on any atom is 0.0814 e. The molecule has 1 aromatic rings. The molecule has 0 heterocycles. The summed E-state index contributed by atoms with van der Waals surface area (Å²) in [5, 5.41) is -0.164. The highest BCUT2D eigenvalue weighted by Crippen LogP contribution is 2.33. The fraction of sp³-hybridized carbons (Fsp3) is 0.571. The van der Waals surface area contributed by atoms with E-state index in [1.54, 1.807) is 0 Å². The molecule has 80 valence electrons. The number of rotatable bonds is 4. The molecule has 0 aromatic heterocycles. The number of benzene rings is 1. The van der Waals surface area contributed by atoms with E-state index in [0.29, 0.717) is 5.92 Å². The van der Waals surface area contributed by atoms with Gasteiger partial charge in [-0.2, -0.15) is 0 Å². The van der Waals surface area contributed by atoms with Crippen LogP contribution in [0.3, 0.4) is 0 Å². The minimum Gasteiger partial charge on any atom is -0.0654 e. The molecule has 1 unspecified atom stereocenters. The van der Waals surface area contributed by atoms with E-state index in [9.17, 15) is 0 Å². The minimum atomic E-state index is -0.164. The Labute approximate surface area is 95.5 Å². The van der Waals surface area contributed by atoms with Crippen molar-refractivity contribution < 1.29 is 0 Å². The van der Waals surface area contributed by atoms with Gasteiger partial charge in [-0.1, -0.05) is 69.0 Å². The van der Waals surface area contributed by atoms with Crippen LogP contribution in [0.2, 0.25) is 0 Å². The maximum absolute atomic E-state index is 6.52. The Bertz CT molecular complexity index is 300. The van der Waals surface area contributed by atoms with Gasteiger partial charge in [-0.25, -0.2) is 0 Å². The van der Waals surface area contributed by atoms with E-state index in [1.165, 1.54) is 11.1 Å². The normalized spacial score (nSPS) is 15.3. The Balaban J connectivity index is 3.04. The van der Waals surface area contributed by atoms with Crippen molar-refractivity contribution in [2.45, 2.75) is 45.9 Å². The van der Waals surface area contributed by atoms with Gasteiger partial charge in [-0.3, -0.25) is 0 Å². The van der Waals surface area contributed by atoms with Gasteiger partial charge in [0.15, 0.2) is 0 Å². The topological polar surface area (TPSA) is 0 Å². The molecule has 1 aromatic carbocycles. The first-order valence-electron chi connectivity index (χ1n) is 5.86. The molecule has 15 heavy (non-hydrogen) atoms. The van der Waals surface area contributed by atoms with Crippen LogP contribution in [-0.4, -0.2) is 7.85 Å². The first-order chi connectivity index (χ1) is 7.00. The molecule has 0 spiro atoms. The standard InChI is InChI=1S/C14H21B/c1-5-10-14(15,11(2)3)13-8-6-12(4)7-9-13/h6-9,11H,5,10H2,1-4H3. The summed E-state index contributed by atoms with van der Waals surface area (Å²) in [4.78, 5) is 0. The zero-order valence-corrected chi connectivity index (χ0v) is 10.4. The van der Waals surface area contributed by atoms with Crippen molar-refractivity contribution in [3.05, 3.63) is 35.4 Å². The predicted molar refractivity (Wildman–Crippen MR) is 68.4 cm³/mol. The van der Waals surface area contributed by atoms with Gasteiger partial charge in [-0.15, -0.1) is 0 Å². The van der Waals surface area contributed by atoms with E-state index in [-0.39, 0.29) is 5.31 Å². The van der Waals surface area contributed by atoms with E-state index in [1.807, 2.05) is 0 Å². The molecule has 0 bridgehead atoms. The van der Waals surface area contributed by atoms with Crippen LogP contribution < -0.4 is 0 Å². The lowest BCUT2D eigenvalue weighted by Gasteiger charge is -2.35. The van der Waals surface area contributed by atoms with Crippen LogP contribution in [-0.2, 0) is 5.31 Å². The zero-order valence-electron chi connectivity index (χ0n) is 10.4. The Morgan fingerprint density at radius 2 is 1.73 bits per heavy atom. The van der Waals surface area contributed by atoms with Gasteiger partial charge >= 0.3 is 0 Å². The average Bonchev–Trinajstić information content (AvgIpc) is 2.18. The Kier molecular flexibility index (Phi) is 4.01. The molecular formula is C14H21B. The zero-order chi connectivity index (χ0) is 11.5. The molecule has 0 saturated carbocycles. The molecule has 2 radical (unpaired) electrons. The summed E-state index contributed by atoms with van der Waals surface area (Å²) in [5.74, 6) is 0.472. The number of hydrogen-bond donors (Lipinski definition) is 0. The lowest BCUT2D eigenvalue weighted by atomic mass is 9.55. The first kappa shape index (κ1) is 12.4. The smallest absolute Gasteiger partial charge is 0.0654 e. The molecule has 0 fully saturated rings. The lowest BCUT2D eigenvalue weighted by Crippen LogP contribution is -2.32. The van der Waals surface area contributed by atoms with E-state index < -0.39 is 0 Å². The number of aryl methyl sites for hydroxylation is 1. The van der Waals surface area contributed by atoms with Crippen molar-refractivity contribution in [2.24, 2.45) is 5.92 Å². The second-order valence-corrected chi connectivity index (χ2v) is 4.81.